The molecule has 0 aliphatic heterocycles. The summed E-state index contributed by atoms with van der Waals surface area (Å²) < 4.78 is 0. The van der Waals surface area contributed by atoms with E-state index in [0.717, 1.165) is 18.4 Å². The van der Waals surface area contributed by atoms with Crippen molar-refractivity contribution in [3.05, 3.63) is 35.4 Å². The molecule has 0 radical (unpaired) electrons. The van der Waals surface area contributed by atoms with E-state index in [1.165, 1.54) is 5.56 Å². The Balaban J connectivity index is 2.21. The van der Waals surface area contributed by atoms with Crippen LogP contribution in [0.2, 0.25) is 0 Å². The van der Waals surface area contributed by atoms with E-state index in [2.05, 4.69) is 26.0 Å². The summed E-state index contributed by atoms with van der Waals surface area (Å²) in [6.07, 6.45) is 2.39. The van der Waals surface area contributed by atoms with Gasteiger partial charge in [-0.15, -0.1) is 0 Å². The molecule has 0 aromatic heterocycles. The molecule has 1 aromatic rings. The second kappa shape index (κ2) is 4.19. The fourth-order valence-corrected chi connectivity index (χ4v) is 2.50. The van der Waals surface area contributed by atoms with Crippen LogP contribution in [0.5, 0.6) is 0 Å². The lowest BCUT2D eigenvalue weighted by Crippen LogP contribution is -2.25. The minimum atomic E-state index is -0.686. The fraction of sp³-hybridized carbons (Fsp3) is 0.571. The van der Waals surface area contributed by atoms with E-state index in [1.54, 1.807) is 0 Å². The molecule has 2 unspecified atom stereocenters. The summed E-state index contributed by atoms with van der Waals surface area (Å²) in [5.74, 6) is 0.537. The van der Waals surface area contributed by atoms with Crippen molar-refractivity contribution in [2.45, 2.75) is 50.7 Å². The van der Waals surface area contributed by atoms with Crippen LogP contribution in [0, 0.1) is 0 Å². The summed E-state index contributed by atoms with van der Waals surface area (Å²) in [5, 5.41) is 10.5. The molecular weight excluding hydrogens is 198 g/mol. The first kappa shape index (κ1) is 11.6. The summed E-state index contributed by atoms with van der Waals surface area (Å²) in [6.45, 7) is 4.35. The standard InChI is InChI=1S/C14H21NO/c1-10(2)11-3-5-12(6-4-11)14(16)8-7-13(15)9-14/h3-6,10,13,16H,7-9,15H2,1-2H3. The molecule has 0 amide bonds. The van der Waals surface area contributed by atoms with Gasteiger partial charge in [-0.05, 0) is 36.3 Å². The minimum absolute atomic E-state index is 0.148. The quantitative estimate of drug-likeness (QED) is 0.802. The lowest BCUT2D eigenvalue weighted by atomic mass is 9.90. The molecule has 0 saturated heterocycles. The Morgan fingerprint density at radius 2 is 1.94 bits per heavy atom. The van der Waals surface area contributed by atoms with Crippen molar-refractivity contribution in [1.29, 1.82) is 0 Å². The number of rotatable bonds is 2. The van der Waals surface area contributed by atoms with Crippen molar-refractivity contribution in [3.63, 3.8) is 0 Å². The molecule has 2 heteroatoms. The maximum Gasteiger partial charge on any atom is 0.0911 e. The maximum atomic E-state index is 10.5. The number of aliphatic hydroxyl groups is 1. The van der Waals surface area contributed by atoms with E-state index in [9.17, 15) is 5.11 Å². The topological polar surface area (TPSA) is 46.2 Å². The predicted molar refractivity (Wildman–Crippen MR) is 66.3 cm³/mol. The SMILES string of the molecule is CC(C)c1ccc(C2(O)CCC(N)C2)cc1. The van der Waals surface area contributed by atoms with E-state index in [-0.39, 0.29) is 6.04 Å². The van der Waals surface area contributed by atoms with Crippen molar-refractivity contribution < 1.29 is 5.11 Å². The third kappa shape index (κ3) is 2.13. The highest BCUT2D eigenvalue weighted by Crippen LogP contribution is 2.38. The molecule has 2 rings (SSSR count). The first-order valence-electron chi connectivity index (χ1n) is 6.10. The first-order chi connectivity index (χ1) is 7.51. The summed E-state index contributed by atoms with van der Waals surface area (Å²) in [6, 6.07) is 8.47. The van der Waals surface area contributed by atoms with Crippen molar-refractivity contribution >= 4 is 0 Å². The van der Waals surface area contributed by atoms with Crippen molar-refractivity contribution in [2.24, 2.45) is 5.73 Å². The van der Waals surface area contributed by atoms with Crippen LogP contribution in [0.1, 0.15) is 50.2 Å². The monoisotopic (exact) mass is 219 g/mol. The van der Waals surface area contributed by atoms with E-state index in [0.29, 0.717) is 12.3 Å². The second-order valence-electron chi connectivity index (χ2n) is 5.31. The van der Waals surface area contributed by atoms with Crippen LogP contribution >= 0.6 is 0 Å². The van der Waals surface area contributed by atoms with Crippen molar-refractivity contribution in [1.82, 2.24) is 0 Å². The van der Waals surface area contributed by atoms with Gasteiger partial charge in [0.15, 0.2) is 0 Å². The van der Waals surface area contributed by atoms with Crippen molar-refractivity contribution in [3.8, 4) is 0 Å². The molecule has 2 atom stereocenters. The van der Waals surface area contributed by atoms with Gasteiger partial charge in [0.2, 0.25) is 0 Å². The first-order valence-corrected chi connectivity index (χ1v) is 6.10. The zero-order valence-electron chi connectivity index (χ0n) is 10.1. The Morgan fingerprint density at radius 3 is 2.38 bits per heavy atom. The lowest BCUT2D eigenvalue weighted by Gasteiger charge is -2.23. The molecule has 88 valence electrons. The van der Waals surface area contributed by atoms with Gasteiger partial charge >= 0.3 is 0 Å². The molecule has 1 aliphatic carbocycles. The Morgan fingerprint density at radius 1 is 1.31 bits per heavy atom. The third-order valence-corrected chi connectivity index (χ3v) is 3.64. The van der Waals surface area contributed by atoms with Gasteiger partial charge in [-0.3, -0.25) is 0 Å². The van der Waals surface area contributed by atoms with Gasteiger partial charge in [0.1, 0.15) is 0 Å². The van der Waals surface area contributed by atoms with Crippen molar-refractivity contribution in [2.75, 3.05) is 0 Å². The Bertz CT molecular complexity index is 358. The number of hydrogen-bond donors (Lipinski definition) is 2. The van der Waals surface area contributed by atoms with E-state index >= 15 is 0 Å². The molecule has 2 nitrogen and oxygen atoms in total. The highest BCUT2D eigenvalue weighted by atomic mass is 16.3. The van der Waals surface area contributed by atoms with Gasteiger partial charge in [-0.2, -0.15) is 0 Å². The van der Waals surface area contributed by atoms with Crippen LogP contribution in [0.4, 0.5) is 0 Å². The largest absolute Gasteiger partial charge is 0.385 e. The highest BCUT2D eigenvalue weighted by Gasteiger charge is 2.37. The summed E-state index contributed by atoms with van der Waals surface area (Å²) >= 11 is 0. The van der Waals surface area contributed by atoms with E-state index in [1.807, 2.05) is 12.1 Å². The normalized spacial score (nSPS) is 29.9. The van der Waals surface area contributed by atoms with E-state index in [4.69, 9.17) is 5.73 Å². The number of hydrogen-bond acceptors (Lipinski definition) is 2. The van der Waals surface area contributed by atoms with Crippen LogP contribution in [0.3, 0.4) is 0 Å². The molecule has 1 aromatic carbocycles. The molecule has 0 spiro atoms. The minimum Gasteiger partial charge on any atom is -0.385 e. The number of nitrogens with two attached hydrogens (primary N) is 1. The Labute approximate surface area is 97.5 Å². The molecule has 3 N–H and O–H groups in total. The summed E-state index contributed by atoms with van der Waals surface area (Å²) in [4.78, 5) is 0. The molecule has 0 heterocycles. The molecule has 16 heavy (non-hydrogen) atoms. The van der Waals surface area contributed by atoms with Crippen LogP contribution < -0.4 is 5.73 Å². The Hall–Kier alpha value is -0.860. The van der Waals surface area contributed by atoms with Gasteiger partial charge in [-0.25, -0.2) is 0 Å². The smallest absolute Gasteiger partial charge is 0.0911 e. The summed E-state index contributed by atoms with van der Waals surface area (Å²) in [5.41, 5.74) is 7.51. The van der Waals surface area contributed by atoms with Crippen LogP contribution in [-0.2, 0) is 5.60 Å². The average molecular weight is 219 g/mol. The molecule has 0 bridgehead atoms. The van der Waals surface area contributed by atoms with Gasteiger partial charge < -0.3 is 10.8 Å². The van der Waals surface area contributed by atoms with Gasteiger partial charge in [0, 0.05) is 6.04 Å². The average Bonchev–Trinajstić information content (AvgIpc) is 2.60. The van der Waals surface area contributed by atoms with Gasteiger partial charge in [0.25, 0.3) is 0 Å². The fourth-order valence-electron chi connectivity index (χ4n) is 2.50. The third-order valence-electron chi connectivity index (χ3n) is 3.64. The van der Waals surface area contributed by atoms with Crippen LogP contribution in [0.25, 0.3) is 0 Å². The molecular formula is C14H21NO. The zero-order chi connectivity index (χ0) is 11.8. The predicted octanol–water partition coefficient (Wildman–Crippen LogP) is 2.51. The lowest BCUT2D eigenvalue weighted by molar-refractivity contribution is 0.0431. The summed E-state index contributed by atoms with van der Waals surface area (Å²) in [7, 11) is 0. The van der Waals surface area contributed by atoms with Crippen LogP contribution in [-0.4, -0.2) is 11.1 Å². The highest BCUT2D eigenvalue weighted by molar-refractivity contribution is 5.29. The van der Waals surface area contributed by atoms with Gasteiger partial charge in [0.05, 0.1) is 5.60 Å². The molecule has 1 saturated carbocycles. The van der Waals surface area contributed by atoms with E-state index < -0.39 is 5.60 Å². The molecule has 1 aliphatic rings. The van der Waals surface area contributed by atoms with Gasteiger partial charge in [-0.1, -0.05) is 38.1 Å². The molecule has 1 fully saturated rings. The number of benzene rings is 1. The zero-order valence-corrected chi connectivity index (χ0v) is 10.1. The Kier molecular flexibility index (Phi) is 3.04. The van der Waals surface area contributed by atoms with Crippen LogP contribution in [0.15, 0.2) is 24.3 Å². The maximum absolute atomic E-state index is 10.5. The second-order valence-corrected chi connectivity index (χ2v) is 5.31.